The van der Waals surface area contributed by atoms with Gasteiger partial charge in [0.25, 0.3) is 0 Å². The molecule has 1 aromatic rings. The molecule has 0 radical (unpaired) electrons. The number of nitrogens with zero attached hydrogens (tertiary/aromatic N) is 3. The van der Waals surface area contributed by atoms with Crippen molar-refractivity contribution in [3.05, 3.63) is 12.3 Å². The van der Waals surface area contributed by atoms with Crippen LogP contribution in [0.2, 0.25) is 0 Å². The van der Waals surface area contributed by atoms with Crippen LogP contribution in [0.15, 0.2) is 12.3 Å². The fraction of sp³-hybridized carbons (Fsp3) is 0.714. The molecule has 110 valence electrons. The summed E-state index contributed by atoms with van der Waals surface area (Å²) in [5.74, 6) is 0.479. The van der Waals surface area contributed by atoms with Crippen molar-refractivity contribution in [2.24, 2.45) is 0 Å². The van der Waals surface area contributed by atoms with Crippen molar-refractivity contribution in [1.29, 1.82) is 0 Å². The van der Waals surface area contributed by atoms with E-state index in [1.807, 2.05) is 0 Å². The van der Waals surface area contributed by atoms with Gasteiger partial charge in [-0.05, 0) is 38.8 Å². The number of carbonyl (C=O) groups excluding carboxylic acids is 1. The third-order valence-electron chi connectivity index (χ3n) is 4.67. The lowest BCUT2D eigenvalue weighted by molar-refractivity contribution is -0.123. The zero-order valence-corrected chi connectivity index (χ0v) is 12.0. The van der Waals surface area contributed by atoms with Crippen molar-refractivity contribution in [2.45, 2.75) is 56.8 Å². The summed E-state index contributed by atoms with van der Waals surface area (Å²) in [5, 5.41) is 7.20. The van der Waals surface area contributed by atoms with Gasteiger partial charge in [-0.15, -0.1) is 0 Å². The molecule has 0 saturated carbocycles. The first-order chi connectivity index (χ1) is 9.61. The van der Waals surface area contributed by atoms with Crippen LogP contribution in [0.25, 0.3) is 0 Å². The Morgan fingerprint density at radius 1 is 1.45 bits per heavy atom. The van der Waals surface area contributed by atoms with Crippen molar-refractivity contribution in [3.8, 4) is 0 Å². The highest BCUT2D eigenvalue weighted by molar-refractivity contribution is 5.76. The maximum absolute atomic E-state index is 12.1. The molecule has 2 bridgehead atoms. The monoisotopic (exact) mass is 277 g/mol. The number of carbonyl (C=O) groups is 1. The Balaban J connectivity index is 1.54. The standard InChI is InChI=1S/C14H23N5O/c1-18-11-3-2-4-12(18)8-10(7-11)16-14(20)9-19-6-5-13(15)17-19/h5-6,10-12H,2-4,7-9H2,1H3,(H2,15,17)(H,16,20). The molecule has 2 aliphatic rings. The average Bonchev–Trinajstić information content (AvgIpc) is 2.76. The third kappa shape index (κ3) is 2.80. The first-order valence-corrected chi connectivity index (χ1v) is 7.42. The van der Waals surface area contributed by atoms with Crippen molar-refractivity contribution >= 4 is 11.7 Å². The van der Waals surface area contributed by atoms with Gasteiger partial charge in [-0.3, -0.25) is 9.48 Å². The summed E-state index contributed by atoms with van der Waals surface area (Å²) in [6.07, 6.45) is 7.72. The summed E-state index contributed by atoms with van der Waals surface area (Å²) in [4.78, 5) is 14.6. The van der Waals surface area contributed by atoms with E-state index in [-0.39, 0.29) is 12.5 Å². The summed E-state index contributed by atoms with van der Waals surface area (Å²) < 4.78 is 1.58. The minimum atomic E-state index is 0.0285. The van der Waals surface area contributed by atoms with Crippen LogP contribution in [0.5, 0.6) is 0 Å². The maximum atomic E-state index is 12.1. The van der Waals surface area contributed by atoms with E-state index >= 15 is 0 Å². The van der Waals surface area contributed by atoms with E-state index < -0.39 is 0 Å². The first-order valence-electron chi connectivity index (χ1n) is 7.42. The van der Waals surface area contributed by atoms with E-state index in [4.69, 9.17) is 5.73 Å². The molecule has 3 N–H and O–H groups in total. The molecule has 2 fully saturated rings. The molecule has 20 heavy (non-hydrogen) atoms. The average molecular weight is 277 g/mol. The van der Waals surface area contributed by atoms with E-state index in [9.17, 15) is 4.79 Å². The molecular formula is C14H23N5O. The van der Waals surface area contributed by atoms with E-state index in [0.717, 1.165) is 12.8 Å². The number of piperidine rings is 2. The van der Waals surface area contributed by atoms with Gasteiger partial charge >= 0.3 is 0 Å². The van der Waals surface area contributed by atoms with Gasteiger partial charge in [0.15, 0.2) is 0 Å². The van der Waals surface area contributed by atoms with Crippen LogP contribution in [-0.2, 0) is 11.3 Å². The highest BCUT2D eigenvalue weighted by Crippen LogP contribution is 2.32. The van der Waals surface area contributed by atoms with Crippen LogP contribution in [0.1, 0.15) is 32.1 Å². The quantitative estimate of drug-likeness (QED) is 0.848. The summed E-state index contributed by atoms with van der Waals surface area (Å²) in [7, 11) is 2.22. The molecule has 0 spiro atoms. The minimum Gasteiger partial charge on any atom is -0.382 e. The molecule has 0 aromatic carbocycles. The number of fused-ring (bicyclic) bond motifs is 2. The normalized spacial score (nSPS) is 30.1. The molecule has 1 aromatic heterocycles. The summed E-state index contributed by atoms with van der Waals surface area (Å²) in [6, 6.07) is 3.27. The van der Waals surface area contributed by atoms with Gasteiger partial charge < -0.3 is 16.0 Å². The smallest absolute Gasteiger partial charge is 0.241 e. The van der Waals surface area contributed by atoms with Gasteiger partial charge in [-0.25, -0.2) is 0 Å². The number of anilines is 1. The van der Waals surface area contributed by atoms with Crippen LogP contribution in [-0.4, -0.2) is 45.8 Å². The molecule has 0 aliphatic carbocycles. The number of nitrogen functional groups attached to an aromatic ring is 1. The summed E-state index contributed by atoms with van der Waals surface area (Å²) >= 11 is 0. The zero-order chi connectivity index (χ0) is 14.1. The number of hydrogen-bond donors (Lipinski definition) is 2. The zero-order valence-electron chi connectivity index (χ0n) is 12.0. The molecule has 3 rings (SSSR count). The third-order valence-corrected chi connectivity index (χ3v) is 4.67. The van der Waals surface area contributed by atoms with E-state index in [1.165, 1.54) is 19.3 Å². The molecular weight excluding hydrogens is 254 g/mol. The SMILES string of the molecule is CN1C2CCCC1CC(NC(=O)Cn1ccc(N)n1)C2. The van der Waals surface area contributed by atoms with Crippen LogP contribution in [0.4, 0.5) is 5.82 Å². The highest BCUT2D eigenvalue weighted by Gasteiger charge is 2.36. The lowest BCUT2D eigenvalue weighted by Crippen LogP contribution is -2.55. The Labute approximate surface area is 119 Å². The molecule has 2 unspecified atom stereocenters. The van der Waals surface area contributed by atoms with Crippen molar-refractivity contribution < 1.29 is 4.79 Å². The Morgan fingerprint density at radius 3 is 2.75 bits per heavy atom. The lowest BCUT2D eigenvalue weighted by atomic mass is 9.82. The number of nitrogens with one attached hydrogen (secondary N) is 1. The number of amides is 1. The van der Waals surface area contributed by atoms with E-state index in [2.05, 4.69) is 22.4 Å². The van der Waals surface area contributed by atoms with Crippen molar-refractivity contribution in [3.63, 3.8) is 0 Å². The molecule has 2 aliphatic heterocycles. The fourth-order valence-corrected chi connectivity index (χ4v) is 3.62. The predicted octanol–water partition coefficient (Wildman–Crippen LogP) is 0.597. The van der Waals surface area contributed by atoms with Crippen LogP contribution in [0.3, 0.4) is 0 Å². The molecule has 3 heterocycles. The predicted molar refractivity (Wildman–Crippen MR) is 77.0 cm³/mol. The maximum Gasteiger partial charge on any atom is 0.241 e. The summed E-state index contributed by atoms with van der Waals surface area (Å²) in [6.45, 7) is 0.249. The van der Waals surface area contributed by atoms with Crippen molar-refractivity contribution in [2.75, 3.05) is 12.8 Å². The molecule has 1 amide bonds. The Morgan fingerprint density at radius 2 is 2.15 bits per heavy atom. The van der Waals surface area contributed by atoms with Gasteiger partial charge in [0.2, 0.25) is 5.91 Å². The topological polar surface area (TPSA) is 76.2 Å². The number of rotatable bonds is 3. The molecule has 2 atom stereocenters. The first kappa shape index (κ1) is 13.4. The molecule has 2 saturated heterocycles. The van der Waals surface area contributed by atoms with Crippen molar-refractivity contribution in [1.82, 2.24) is 20.0 Å². The largest absolute Gasteiger partial charge is 0.382 e. The fourth-order valence-electron chi connectivity index (χ4n) is 3.62. The van der Waals surface area contributed by atoms with Gasteiger partial charge in [0, 0.05) is 24.3 Å². The second kappa shape index (κ2) is 5.44. The van der Waals surface area contributed by atoms with Gasteiger partial charge in [-0.2, -0.15) is 5.10 Å². The van der Waals surface area contributed by atoms with Gasteiger partial charge in [0.05, 0.1) is 0 Å². The molecule has 6 nitrogen and oxygen atoms in total. The lowest BCUT2D eigenvalue weighted by Gasteiger charge is -2.47. The number of nitrogens with two attached hydrogens (primary N) is 1. The van der Waals surface area contributed by atoms with Gasteiger partial charge in [0.1, 0.15) is 12.4 Å². The van der Waals surface area contributed by atoms with Crippen LogP contribution < -0.4 is 11.1 Å². The second-order valence-corrected chi connectivity index (χ2v) is 6.08. The van der Waals surface area contributed by atoms with E-state index in [0.29, 0.717) is 23.9 Å². The molecule has 6 heteroatoms. The minimum absolute atomic E-state index is 0.0285. The second-order valence-electron chi connectivity index (χ2n) is 6.08. The van der Waals surface area contributed by atoms with Gasteiger partial charge in [-0.1, -0.05) is 6.42 Å². The van der Waals surface area contributed by atoms with Crippen LogP contribution in [0, 0.1) is 0 Å². The van der Waals surface area contributed by atoms with Crippen LogP contribution >= 0.6 is 0 Å². The van der Waals surface area contributed by atoms with E-state index in [1.54, 1.807) is 16.9 Å². The Kier molecular flexibility index (Phi) is 3.65. The summed E-state index contributed by atoms with van der Waals surface area (Å²) in [5.41, 5.74) is 5.55. The number of hydrogen-bond acceptors (Lipinski definition) is 4. The Bertz CT molecular complexity index is 472. The number of aromatic nitrogens is 2. The highest BCUT2D eigenvalue weighted by atomic mass is 16.2. The Hall–Kier alpha value is -1.56.